The fraction of sp³-hybridized carbons (Fsp3) is 0.158. The highest BCUT2D eigenvalue weighted by molar-refractivity contribution is 5.64. The van der Waals surface area contributed by atoms with Crippen LogP contribution in [0.2, 0.25) is 0 Å². The maximum atomic E-state index is 8.86. The number of nitriles is 1. The lowest BCUT2D eigenvalue weighted by molar-refractivity contribution is 0.295. The number of aromatic nitrogens is 3. The molecule has 7 heteroatoms. The van der Waals surface area contributed by atoms with Gasteiger partial charge in [0.25, 0.3) is 0 Å². The van der Waals surface area contributed by atoms with Crippen LogP contribution in [0.1, 0.15) is 11.4 Å². The van der Waals surface area contributed by atoms with Gasteiger partial charge in [0, 0.05) is 14.1 Å². The van der Waals surface area contributed by atoms with Gasteiger partial charge in [-0.15, -0.1) is 0 Å². The monoisotopic (exact) mass is 346 g/mol. The lowest BCUT2D eigenvalue weighted by Crippen LogP contribution is -2.16. The summed E-state index contributed by atoms with van der Waals surface area (Å²) in [5, 5.41) is 8.86. The summed E-state index contributed by atoms with van der Waals surface area (Å²) >= 11 is 0. The molecule has 1 heterocycles. The standard InChI is InChI=1S/C19H18N6O/c1-25(2)19-23-17(22-18(21)24-19)12-26-16-9-7-15(8-10-16)14-5-3-13(11-20)4-6-14/h3-10H,12H2,1-2H3,(H2,21,22,23,24). The highest BCUT2D eigenvalue weighted by atomic mass is 16.5. The fourth-order valence-corrected chi connectivity index (χ4v) is 2.32. The van der Waals surface area contributed by atoms with Gasteiger partial charge >= 0.3 is 0 Å². The summed E-state index contributed by atoms with van der Waals surface area (Å²) in [7, 11) is 3.67. The molecule has 0 unspecified atom stereocenters. The second-order valence-corrected chi connectivity index (χ2v) is 5.81. The Balaban J connectivity index is 1.69. The molecule has 0 atom stereocenters. The number of ether oxygens (including phenoxy) is 1. The minimum atomic E-state index is 0.165. The predicted molar refractivity (Wildman–Crippen MR) is 99.5 cm³/mol. The zero-order valence-corrected chi connectivity index (χ0v) is 14.5. The van der Waals surface area contributed by atoms with E-state index in [-0.39, 0.29) is 12.6 Å². The summed E-state index contributed by atoms with van der Waals surface area (Å²) < 4.78 is 5.74. The molecule has 130 valence electrons. The van der Waals surface area contributed by atoms with Gasteiger partial charge in [-0.1, -0.05) is 24.3 Å². The van der Waals surface area contributed by atoms with E-state index in [0.29, 0.717) is 23.1 Å². The van der Waals surface area contributed by atoms with Crippen LogP contribution in [0, 0.1) is 11.3 Å². The van der Waals surface area contributed by atoms with Crippen molar-refractivity contribution in [1.29, 1.82) is 5.26 Å². The van der Waals surface area contributed by atoms with Gasteiger partial charge in [-0.3, -0.25) is 0 Å². The van der Waals surface area contributed by atoms with Gasteiger partial charge in [0.15, 0.2) is 5.82 Å². The van der Waals surface area contributed by atoms with Gasteiger partial charge in [-0.2, -0.15) is 20.2 Å². The van der Waals surface area contributed by atoms with Crippen molar-refractivity contribution >= 4 is 11.9 Å². The number of hydrogen-bond donors (Lipinski definition) is 1. The molecule has 0 bridgehead atoms. The van der Waals surface area contributed by atoms with Crippen LogP contribution in [0.4, 0.5) is 11.9 Å². The number of nitrogen functional groups attached to an aromatic ring is 1. The lowest BCUT2D eigenvalue weighted by Gasteiger charge is -2.12. The Morgan fingerprint density at radius 3 is 2.15 bits per heavy atom. The zero-order chi connectivity index (χ0) is 18.5. The van der Waals surface area contributed by atoms with E-state index in [2.05, 4.69) is 21.0 Å². The van der Waals surface area contributed by atoms with Gasteiger partial charge < -0.3 is 15.4 Å². The van der Waals surface area contributed by atoms with Crippen molar-refractivity contribution in [3.63, 3.8) is 0 Å². The molecule has 1 aromatic heterocycles. The quantitative estimate of drug-likeness (QED) is 0.758. The van der Waals surface area contributed by atoms with Crippen LogP contribution < -0.4 is 15.4 Å². The van der Waals surface area contributed by atoms with E-state index >= 15 is 0 Å². The first-order valence-electron chi connectivity index (χ1n) is 7.96. The van der Waals surface area contributed by atoms with Gasteiger partial charge in [0.1, 0.15) is 12.4 Å². The van der Waals surface area contributed by atoms with Crippen LogP contribution in [0.15, 0.2) is 48.5 Å². The summed E-state index contributed by atoms with van der Waals surface area (Å²) in [6, 6.07) is 17.2. The van der Waals surface area contributed by atoms with Crippen molar-refractivity contribution in [2.24, 2.45) is 0 Å². The van der Waals surface area contributed by atoms with Gasteiger partial charge in [-0.05, 0) is 35.4 Å². The fourth-order valence-electron chi connectivity index (χ4n) is 2.32. The summed E-state index contributed by atoms with van der Waals surface area (Å²) in [5.41, 5.74) is 8.43. The van der Waals surface area contributed by atoms with Gasteiger partial charge in [0.05, 0.1) is 11.6 Å². The summed E-state index contributed by atoms with van der Waals surface area (Å²) in [6.07, 6.45) is 0. The molecule has 0 aliphatic heterocycles. The van der Waals surface area contributed by atoms with E-state index < -0.39 is 0 Å². The van der Waals surface area contributed by atoms with Crippen molar-refractivity contribution in [3.05, 3.63) is 59.9 Å². The molecular weight excluding hydrogens is 328 g/mol. The summed E-state index contributed by atoms with van der Waals surface area (Å²) in [6.45, 7) is 0.198. The van der Waals surface area contributed by atoms with Crippen LogP contribution in [0.25, 0.3) is 11.1 Å². The molecule has 0 spiro atoms. The Bertz CT molecular complexity index is 930. The minimum absolute atomic E-state index is 0.165. The van der Waals surface area contributed by atoms with Crippen LogP contribution in [-0.4, -0.2) is 29.0 Å². The molecule has 2 N–H and O–H groups in total. The Morgan fingerprint density at radius 1 is 0.962 bits per heavy atom. The minimum Gasteiger partial charge on any atom is -0.486 e. The Morgan fingerprint density at radius 2 is 1.58 bits per heavy atom. The maximum Gasteiger partial charge on any atom is 0.230 e. The second kappa shape index (κ2) is 7.49. The lowest BCUT2D eigenvalue weighted by atomic mass is 10.0. The first kappa shape index (κ1) is 17.2. The number of hydrogen-bond acceptors (Lipinski definition) is 7. The number of rotatable bonds is 5. The molecule has 26 heavy (non-hydrogen) atoms. The first-order chi connectivity index (χ1) is 12.5. The number of nitrogens with two attached hydrogens (primary N) is 1. The Labute approximate surface area is 151 Å². The van der Waals surface area contributed by atoms with Crippen LogP contribution in [0.5, 0.6) is 5.75 Å². The van der Waals surface area contributed by atoms with E-state index in [0.717, 1.165) is 11.1 Å². The molecule has 3 aromatic rings. The third kappa shape index (κ3) is 4.05. The number of nitrogens with zero attached hydrogens (tertiary/aromatic N) is 5. The van der Waals surface area contributed by atoms with E-state index in [1.807, 2.05) is 50.5 Å². The molecule has 0 fully saturated rings. The highest BCUT2D eigenvalue weighted by Crippen LogP contribution is 2.23. The molecule has 2 aromatic carbocycles. The number of anilines is 2. The molecule has 0 aliphatic carbocycles. The van der Waals surface area contributed by atoms with Crippen molar-refractivity contribution in [2.75, 3.05) is 24.7 Å². The van der Waals surface area contributed by atoms with Crippen molar-refractivity contribution in [2.45, 2.75) is 6.61 Å². The third-order valence-corrected chi connectivity index (χ3v) is 3.66. The molecular formula is C19H18N6O. The average Bonchev–Trinajstić information content (AvgIpc) is 2.66. The molecule has 0 aliphatic rings. The topological polar surface area (TPSA) is 101 Å². The van der Waals surface area contributed by atoms with Crippen molar-refractivity contribution in [1.82, 2.24) is 15.0 Å². The van der Waals surface area contributed by atoms with E-state index in [4.69, 9.17) is 15.7 Å². The van der Waals surface area contributed by atoms with Crippen LogP contribution in [-0.2, 0) is 6.61 Å². The SMILES string of the molecule is CN(C)c1nc(N)nc(COc2ccc(-c3ccc(C#N)cc3)cc2)n1. The zero-order valence-electron chi connectivity index (χ0n) is 14.5. The van der Waals surface area contributed by atoms with Gasteiger partial charge in [-0.25, -0.2) is 0 Å². The average molecular weight is 346 g/mol. The molecule has 3 rings (SSSR count). The van der Waals surface area contributed by atoms with Crippen molar-refractivity contribution in [3.8, 4) is 22.9 Å². The molecule has 7 nitrogen and oxygen atoms in total. The highest BCUT2D eigenvalue weighted by Gasteiger charge is 2.07. The Hall–Kier alpha value is -3.66. The largest absolute Gasteiger partial charge is 0.486 e. The van der Waals surface area contributed by atoms with Crippen LogP contribution >= 0.6 is 0 Å². The second-order valence-electron chi connectivity index (χ2n) is 5.81. The molecule has 0 amide bonds. The van der Waals surface area contributed by atoms with E-state index in [9.17, 15) is 0 Å². The Kier molecular flexibility index (Phi) is 4.94. The third-order valence-electron chi connectivity index (χ3n) is 3.66. The van der Waals surface area contributed by atoms with E-state index in [1.165, 1.54) is 0 Å². The smallest absolute Gasteiger partial charge is 0.230 e. The number of benzene rings is 2. The van der Waals surface area contributed by atoms with E-state index in [1.54, 1.807) is 17.0 Å². The predicted octanol–water partition coefficient (Wildman–Crippen LogP) is 2.64. The first-order valence-corrected chi connectivity index (χ1v) is 7.96. The van der Waals surface area contributed by atoms with Crippen molar-refractivity contribution < 1.29 is 4.74 Å². The normalized spacial score (nSPS) is 10.2. The van der Waals surface area contributed by atoms with Crippen LogP contribution in [0.3, 0.4) is 0 Å². The molecule has 0 saturated carbocycles. The summed E-state index contributed by atoms with van der Waals surface area (Å²) in [4.78, 5) is 14.2. The molecule has 0 radical (unpaired) electrons. The van der Waals surface area contributed by atoms with Gasteiger partial charge in [0.2, 0.25) is 11.9 Å². The molecule has 0 saturated heterocycles. The maximum absolute atomic E-state index is 8.86. The summed E-state index contributed by atoms with van der Waals surface area (Å²) in [5.74, 6) is 1.83.